The number of Topliss-reactive ketones (excluding diaryl/α,β-unsaturated/α-hetero) is 1. The second-order valence-electron chi connectivity index (χ2n) is 7.03. The summed E-state index contributed by atoms with van der Waals surface area (Å²) in [4.78, 5) is 21.5. The maximum Gasteiger partial charge on any atom is 0.175 e. The molecule has 156 valence electrons. The number of aliphatic hydroxyl groups excluding tert-OH is 1. The van der Waals surface area contributed by atoms with Crippen LogP contribution in [0.4, 0.5) is 4.39 Å². The van der Waals surface area contributed by atoms with Crippen molar-refractivity contribution in [3.63, 3.8) is 0 Å². The molecule has 6 nitrogen and oxygen atoms in total. The van der Waals surface area contributed by atoms with Gasteiger partial charge in [0.05, 0.1) is 35.5 Å². The number of hydrogen-bond acceptors (Lipinski definition) is 6. The zero-order valence-electron chi connectivity index (χ0n) is 16.3. The molecule has 0 amide bonds. The molecule has 0 fully saturated rings. The standard InChI is InChI=1S/C22H21FN2O4S/c1-30(28,29)20-7-5-16(6-8-20)21(10-15-3-2-4-17(23)9-15)22(27)11-18-12-25-19(14-26)13-24-18/h2-9,12-13,21,26H,10-11,14H2,1H3. The lowest BCUT2D eigenvalue weighted by Crippen LogP contribution is -2.18. The molecule has 1 unspecified atom stereocenters. The maximum atomic E-state index is 13.6. The number of hydrogen-bond donors (Lipinski definition) is 1. The van der Waals surface area contributed by atoms with Crippen LogP contribution in [0.2, 0.25) is 0 Å². The zero-order valence-corrected chi connectivity index (χ0v) is 17.1. The van der Waals surface area contributed by atoms with Gasteiger partial charge in [0, 0.05) is 18.4 Å². The van der Waals surface area contributed by atoms with Crippen molar-refractivity contribution in [3.05, 3.63) is 89.3 Å². The summed E-state index contributed by atoms with van der Waals surface area (Å²) in [7, 11) is -3.36. The number of carbonyl (C=O) groups excluding carboxylic acids is 1. The molecule has 1 heterocycles. The van der Waals surface area contributed by atoms with Crippen LogP contribution in [-0.2, 0) is 34.1 Å². The Morgan fingerprint density at radius 3 is 2.30 bits per heavy atom. The molecule has 0 bridgehead atoms. The van der Waals surface area contributed by atoms with Gasteiger partial charge in [0.1, 0.15) is 11.6 Å². The number of aliphatic hydroxyl groups is 1. The Hall–Kier alpha value is -2.97. The molecule has 1 aromatic heterocycles. The predicted molar refractivity (Wildman–Crippen MR) is 109 cm³/mol. The first kappa shape index (κ1) is 21.7. The van der Waals surface area contributed by atoms with Gasteiger partial charge in [-0.25, -0.2) is 12.8 Å². The molecule has 1 N–H and O–H groups in total. The van der Waals surface area contributed by atoms with Crippen molar-refractivity contribution in [2.75, 3.05) is 6.26 Å². The Morgan fingerprint density at radius 2 is 1.73 bits per heavy atom. The van der Waals surface area contributed by atoms with Crippen molar-refractivity contribution in [2.45, 2.75) is 30.3 Å². The van der Waals surface area contributed by atoms with Crippen molar-refractivity contribution in [3.8, 4) is 0 Å². The van der Waals surface area contributed by atoms with E-state index in [0.717, 1.165) is 6.26 Å². The monoisotopic (exact) mass is 428 g/mol. The van der Waals surface area contributed by atoms with E-state index in [9.17, 15) is 17.6 Å². The third-order valence-corrected chi connectivity index (χ3v) is 5.83. The fraction of sp³-hybridized carbons (Fsp3) is 0.227. The van der Waals surface area contributed by atoms with Crippen LogP contribution in [0.3, 0.4) is 0 Å². The van der Waals surface area contributed by atoms with E-state index in [4.69, 9.17) is 5.11 Å². The summed E-state index contributed by atoms with van der Waals surface area (Å²) in [6, 6.07) is 12.2. The van der Waals surface area contributed by atoms with Gasteiger partial charge < -0.3 is 5.11 Å². The highest BCUT2D eigenvalue weighted by molar-refractivity contribution is 7.90. The second-order valence-corrected chi connectivity index (χ2v) is 9.04. The predicted octanol–water partition coefficient (Wildman–Crippen LogP) is 2.65. The van der Waals surface area contributed by atoms with Crippen molar-refractivity contribution in [1.82, 2.24) is 9.97 Å². The molecular formula is C22H21FN2O4S. The number of rotatable bonds is 8. The number of benzene rings is 2. The number of ketones is 1. The van der Waals surface area contributed by atoms with Crippen molar-refractivity contribution in [2.24, 2.45) is 0 Å². The fourth-order valence-corrected chi connectivity index (χ4v) is 3.75. The van der Waals surface area contributed by atoms with Gasteiger partial charge in [0.25, 0.3) is 0 Å². The SMILES string of the molecule is CS(=O)(=O)c1ccc(C(Cc2cccc(F)c2)C(=O)Cc2cnc(CO)cn2)cc1. The Morgan fingerprint density at radius 1 is 1.07 bits per heavy atom. The third-order valence-electron chi connectivity index (χ3n) is 4.70. The molecule has 0 aliphatic rings. The summed E-state index contributed by atoms with van der Waals surface area (Å²) < 4.78 is 37.1. The quantitative estimate of drug-likeness (QED) is 0.592. The molecule has 0 radical (unpaired) electrons. The van der Waals surface area contributed by atoms with Crippen LogP contribution in [0.1, 0.15) is 28.4 Å². The Labute approximate surface area is 174 Å². The lowest BCUT2D eigenvalue weighted by Gasteiger charge is -2.17. The first-order valence-corrected chi connectivity index (χ1v) is 11.1. The third kappa shape index (κ3) is 5.55. The Kier molecular flexibility index (Phi) is 6.69. The van der Waals surface area contributed by atoms with E-state index < -0.39 is 21.6 Å². The summed E-state index contributed by atoms with van der Waals surface area (Å²) in [6.07, 6.45) is 4.23. The average molecular weight is 428 g/mol. The molecule has 0 saturated carbocycles. The number of nitrogens with zero attached hydrogens (tertiary/aromatic N) is 2. The van der Waals surface area contributed by atoms with Gasteiger partial charge in [-0.1, -0.05) is 24.3 Å². The molecule has 3 aromatic rings. The van der Waals surface area contributed by atoms with E-state index in [-0.39, 0.29) is 30.1 Å². The zero-order chi connectivity index (χ0) is 21.7. The van der Waals surface area contributed by atoms with E-state index >= 15 is 0 Å². The highest BCUT2D eigenvalue weighted by Gasteiger charge is 2.23. The lowest BCUT2D eigenvalue weighted by molar-refractivity contribution is -0.119. The van der Waals surface area contributed by atoms with E-state index in [0.29, 0.717) is 22.5 Å². The largest absolute Gasteiger partial charge is 0.390 e. The second kappa shape index (κ2) is 9.23. The van der Waals surface area contributed by atoms with Crippen molar-refractivity contribution in [1.29, 1.82) is 0 Å². The van der Waals surface area contributed by atoms with Gasteiger partial charge in [-0.3, -0.25) is 14.8 Å². The molecular weight excluding hydrogens is 407 g/mol. The van der Waals surface area contributed by atoms with Gasteiger partial charge in [-0.05, 0) is 41.8 Å². The minimum absolute atomic E-state index is 0.00647. The molecule has 0 saturated heterocycles. The van der Waals surface area contributed by atoms with Crippen LogP contribution >= 0.6 is 0 Å². The topological polar surface area (TPSA) is 97.2 Å². The van der Waals surface area contributed by atoms with E-state index in [1.54, 1.807) is 24.3 Å². The Bertz CT molecular complexity index is 1130. The van der Waals surface area contributed by atoms with Crippen LogP contribution in [0.5, 0.6) is 0 Å². The molecule has 3 rings (SSSR count). The minimum atomic E-state index is -3.36. The molecule has 1 atom stereocenters. The number of halogens is 1. The van der Waals surface area contributed by atoms with Gasteiger partial charge in [0.2, 0.25) is 0 Å². The van der Waals surface area contributed by atoms with Gasteiger partial charge in [0.15, 0.2) is 9.84 Å². The summed E-state index contributed by atoms with van der Waals surface area (Å²) in [5, 5.41) is 9.07. The van der Waals surface area contributed by atoms with Crippen LogP contribution in [0, 0.1) is 5.82 Å². The van der Waals surface area contributed by atoms with Crippen molar-refractivity contribution >= 4 is 15.6 Å². The van der Waals surface area contributed by atoms with Gasteiger partial charge in [-0.2, -0.15) is 0 Å². The first-order valence-electron chi connectivity index (χ1n) is 9.24. The molecule has 0 aliphatic carbocycles. The average Bonchev–Trinajstić information content (AvgIpc) is 2.72. The lowest BCUT2D eigenvalue weighted by atomic mass is 9.86. The number of carbonyl (C=O) groups is 1. The highest BCUT2D eigenvalue weighted by Crippen LogP contribution is 2.25. The number of sulfone groups is 1. The summed E-state index contributed by atoms with van der Waals surface area (Å²) in [5.41, 5.74) is 2.15. The van der Waals surface area contributed by atoms with Crippen LogP contribution in [-0.4, -0.2) is 35.5 Å². The molecule has 0 spiro atoms. The smallest absolute Gasteiger partial charge is 0.175 e. The van der Waals surface area contributed by atoms with E-state index in [1.165, 1.54) is 36.7 Å². The summed E-state index contributed by atoms with van der Waals surface area (Å²) in [6.45, 7) is -0.240. The number of aromatic nitrogens is 2. The van der Waals surface area contributed by atoms with Gasteiger partial charge >= 0.3 is 0 Å². The molecule has 30 heavy (non-hydrogen) atoms. The minimum Gasteiger partial charge on any atom is -0.390 e. The summed E-state index contributed by atoms with van der Waals surface area (Å²) >= 11 is 0. The first-order chi connectivity index (χ1) is 14.3. The van der Waals surface area contributed by atoms with E-state index in [2.05, 4.69) is 9.97 Å². The normalized spacial score (nSPS) is 12.5. The van der Waals surface area contributed by atoms with Crippen LogP contribution in [0.15, 0.2) is 65.8 Å². The maximum absolute atomic E-state index is 13.6. The van der Waals surface area contributed by atoms with Crippen molar-refractivity contribution < 1.29 is 22.7 Å². The molecule has 2 aromatic carbocycles. The van der Waals surface area contributed by atoms with Crippen LogP contribution in [0.25, 0.3) is 0 Å². The molecule has 0 aliphatic heterocycles. The highest BCUT2D eigenvalue weighted by atomic mass is 32.2. The van der Waals surface area contributed by atoms with E-state index in [1.807, 2.05) is 0 Å². The Balaban J connectivity index is 1.90. The van der Waals surface area contributed by atoms with Crippen LogP contribution < -0.4 is 0 Å². The summed E-state index contributed by atoms with van der Waals surface area (Å²) in [5.74, 6) is -1.16. The molecule has 8 heteroatoms. The van der Waals surface area contributed by atoms with Gasteiger partial charge in [-0.15, -0.1) is 0 Å². The fourth-order valence-electron chi connectivity index (χ4n) is 3.12.